The highest BCUT2D eigenvalue weighted by atomic mass is 16.5. The maximum absolute atomic E-state index is 11.9. The van der Waals surface area contributed by atoms with Crippen molar-refractivity contribution in [2.75, 3.05) is 27.3 Å². The Kier molecular flexibility index (Phi) is 6.53. The molecule has 0 saturated heterocycles. The Morgan fingerprint density at radius 1 is 1.32 bits per heavy atom. The molecule has 1 rings (SSSR count). The zero-order valence-electron chi connectivity index (χ0n) is 12.2. The number of carbonyl (C=O) groups is 1. The molecule has 0 aliphatic rings. The quantitative estimate of drug-likeness (QED) is 0.817. The summed E-state index contributed by atoms with van der Waals surface area (Å²) < 4.78 is 5.00. The first kappa shape index (κ1) is 15.7. The van der Waals surface area contributed by atoms with Crippen LogP contribution in [0.4, 0.5) is 0 Å². The first-order valence-corrected chi connectivity index (χ1v) is 6.58. The molecule has 0 fully saturated rings. The van der Waals surface area contributed by atoms with Crippen LogP contribution in [0.25, 0.3) is 0 Å². The van der Waals surface area contributed by atoms with Gasteiger partial charge in [0, 0.05) is 19.2 Å². The summed E-state index contributed by atoms with van der Waals surface area (Å²) in [6.07, 6.45) is 0. The molecule has 1 aromatic carbocycles. The highest BCUT2D eigenvalue weighted by Crippen LogP contribution is 2.17. The number of amides is 1. The van der Waals surface area contributed by atoms with Gasteiger partial charge in [0.1, 0.15) is 0 Å². The number of rotatable bonds is 7. The smallest absolute Gasteiger partial charge is 0.234 e. The van der Waals surface area contributed by atoms with Crippen LogP contribution < -0.4 is 5.32 Å². The van der Waals surface area contributed by atoms with Crippen molar-refractivity contribution in [2.24, 2.45) is 0 Å². The normalized spacial score (nSPS) is 14.2. The van der Waals surface area contributed by atoms with Gasteiger partial charge in [-0.3, -0.25) is 9.69 Å². The molecule has 1 amide bonds. The van der Waals surface area contributed by atoms with E-state index in [0.717, 1.165) is 0 Å². The van der Waals surface area contributed by atoms with Gasteiger partial charge in [0.05, 0.1) is 13.2 Å². The fraction of sp³-hybridized carbons (Fsp3) is 0.533. The maximum atomic E-state index is 11.9. The number of ether oxygens (including phenoxy) is 1. The summed E-state index contributed by atoms with van der Waals surface area (Å²) in [5, 5.41) is 2.91. The highest BCUT2D eigenvalue weighted by molar-refractivity contribution is 5.78. The second kappa shape index (κ2) is 7.92. The molecule has 0 radical (unpaired) electrons. The molecule has 1 aromatic rings. The van der Waals surface area contributed by atoms with Gasteiger partial charge in [0.2, 0.25) is 5.91 Å². The van der Waals surface area contributed by atoms with Crippen LogP contribution in [-0.2, 0) is 9.53 Å². The third-order valence-corrected chi connectivity index (χ3v) is 3.16. The molecule has 0 spiro atoms. The van der Waals surface area contributed by atoms with Crippen LogP contribution in [-0.4, -0.2) is 44.2 Å². The van der Waals surface area contributed by atoms with Gasteiger partial charge >= 0.3 is 0 Å². The molecule has 106 valence electrons. The number of nitrogens with one attached hydrogen (secondary N) is 1. The van der Waals surface area contributed by atoms with Crippen molar-refractivity contribution in [1.82, 2.24) is 10.2 Å². The number of benzene rings is 1. The second-order valence-corrected chi connectivity index (χ2v) is 4.93. The minimum absolute atomic E-state index is 0.0230. The summed E-state index contributed by atoms with van der Waals surface area (Å²) in [6.45, 7) is 4.94. The van der Waals surface area contributed by atoms with Crippen LogP contribution in [0.3, 0.4) is 0 Å². The van der Waals surface area contributed by atoms with Crippen molar-refractivity contribution in [3.8, 4) is 0 Å². The molecule has 0 heterocycles. The van der Waals surface area contributed by atoms with Gasteiger partial charge in [0.15, 0.2) is 0 Å². The van der Waals surface area contributed by atoms with Crippen LogP contribution in [0, 0.1) is 0 Å². The Morgan fingerprint density at radius 3 is 2.53 bits per heavy atom. The fourth-order valence-electron chi connectivity index (χ4n) is 1.96. The molecule has 4 heteroatoms. The lowest BCUT2D eigenvalue weighted by Gasteiger charge is -2.25. The van der Waals surface area contributed by atoms with Gasteiger partial charge in [-0.2, -0.15) is 0 Å². The summed E-state index contributed by atoms with van der Waals surface area (Å²) in [6, 6.07) is 10.4. The number of hydrogen-bond acceptors (Lipinski definition) is 3. The lowest BCUT2D eigenvalue weighted by molar-refractivity contribution is -0.123. The van der Waals surface area contributed by atoms with Crippen LogP contribution >= 0.6 is 0 Å². The van der Waals surface area contributed by atoms with Gasteiger partial charge in [-0.1, -0.05) is 30.3 Å². The Balaban J connectivity index is 2.46. The highest BCUT2D eigenvalue weighted by Gasteiger charge is 2.15. The standard InChI is InChI=1S/C15H24N2O2/c1-12(11-19-4)16-15(18)10-17(3)13(2)14-8-6-5-7-9-14/h5-9,12-13H,10-11H2,1-4H3,(H,16,18)/t12-,13-/m0/s1. The van der Waals surface area contributed by atoms with Gasteiger partial charge in [-0.05, 0) is 26.5 Å². The average molecular weight is 264 g/mol. The van der Waals surface area contributed by atoms with Crippen molar-refractivity contribution >= 4 is 5.91 Å². The number of nitrogens with zero attached hydrogens (tertiary/aromatic N) is 1. The maximum Gasteiger partial charge on any atom is 0.234 e. The van der Waals surface area contributed by atoms with Crippen molar-refractivity contribution in [1.29, 1.82) is 0 Å². The summed E-state index contributed by atoms with van der Waals surface area (Å²) in [5.74, 6) is 0.0230. The summed E-state index contributed by atoms with van der Waals surface area (Å²) in [5.41, 5.74) is 1.21. The van der Waals surface area contributed by atoms with Crippen molar-refractivity contribution in [3.05, 3.63) is 35.9 Å². The van der Waals surface area contributed by atoms with Crippen LogP contribution in [0.1, 0.15) is 25.5 Å². The molecule has 0 aromatic heterocycles. The molecule has 19 heavy (non-hydrogen) atoms. The SMILES string of the molecule is COC[C@H](C)NC(=O)CN(C)[C@@H](C)c1ccccc1. The minimum atomic E-state index is 0.0230. The molecule has 2 atom stereocenters. The predicted octanol–water partition coefficient (Wildman–Crippen LogP) is 1.83. The van der Waals surface area contributed by atoms with Crippen molar-refractivity contribution in [2.45, 2.75) is 25.9 Å². The minimum Gasteiger partial charge on any atom is -0.383 e. The van der Waals surface area contributed by atoms with Crippen LogP contribution in [0.2, 0.25) is 0 Å². The predicted molar refractivity (Wildman–Crippen MR) is 77.0 cm³/mol. The van der Waals surface area contributed by atoms with E-state index in [4.69, 9.17) is 4.74 Å². The van der Waals surface area contributed by atoms with E-state index in [0.29, 0.717) is 13.2 Å². The third-order valence-electron chi connectivity index (χ3n) is 3.16. The fourth-order valence-corrected chi connectivity index (χ4v) is 1.96. The van der Waals surface area contributed by atoms with E-state index < -0.39 is 0 Å². The van der Waals surface area contributed by atoms with E-state index in [1.165, 1.54) is 5.56 Å². The van der Waals surface area contributed by atoms with Gasteiger partial charge in [-0.15, -0.1) is 0 Å². The van der Waals surface area contributed by atoms with Crippen LogP contribution in [0.15, 0.2) is 30.3 Å². The third kappa shape index (κ3) is 5.41. The second-order valence-electron chi connectivity index (χ2n) is 4.93. The van der Waals surface area contributed by atoms with Gasteiger partial charge < -0.3 is 10.1 Å². The van der Waals surface area contributed by atoms with E-state index in [1.807, 2.05) is 37.1 Å². The van der Waals surface area contributed by atoms with E-state index in [9.17, 15) is 4.79 Å². The average Bonchev–Trinajstić information content (AvgIpc) is 2.38. The van der Waals surface area contributed by atoms with Crippen molar-refractivity contribution in [3.63, 3.8) is 0 Å². The van der Waals surface area contributed by atoms with E-state index in [2.05, 4.69) is 24.4 Å². The number of likely N-dealkylation sites (N-methyl/N-ethyl adjacent to an activating group) is 1. The van der Waals surface area contributed by atoms with E-state index in [1.54, 1.807) is 7.11 Å². The summed E-state index contributed by atoms with van der Waals surface area (Å²) >= 11 is 0. The molecular formula is C15H24N2O2. The number of methoxy groups -OCH3 is 1. The summed E-state index contributed by atoms with van der Waals surface area (Å²) in [4.78, 5) is 13.9. The molecule has 0 aliphatic heterocycles. The number of carbonyl (C=O) groups excluding carboxylic acids is 1. The van der Waals surface area contributed by atoms with E-state index >= 15 is 0 Å². The number of hydrogen-bond donors (Lipinski definition) is 1. The molecule has 4 nitrogen and oxygen atoms in total. The molecule has 1 N–H and O–H groups in total. The molecule has 0 bridgehead atoms. The van der Waals surface area contributed by atoms with Crippen molar-refractivity contribution < 1.29 is 9.53 Å². The van der Waals surface area contributed by atoms with Gasteiger partial charge in [-0.25, -0.2) is 0 Å². The lowest BCUT2D eigenvalue weighted by Crippen LogP contribution is -2.42. The Bertz CT molecular complexity index is 381. The Labute approximate surface area is 115 Å². The molecule has 0 saturated carbocycles. The van der Waals surface area contributed by atoms with Crippen LogP contribution in [0.5, 0.6) is 0 Å². The first-order valence-electron chi connectivity index (χ1n) is 6.58. The Morgan fingerprint density at radius 2 is 1.95 bits per heavy atom. The summed E-state index contributed by atoms with van der Waals surface area (Å²) in [7, 11) is 3.59. The van der Waals surface area contributed by atoms with Gasteiger partial charge in [0.25, 0.3) is 0 Å². The molecule has 0 aliphatic carbocycles. The van der Waals surface area contributed by atoms with E-state index in [-0.39, 0.29) is 18.0 Å². The molecular weight excluding hydrogens is 240 g/mol. The zero-order chi connectivity index (χ0) is 14.3. The zero-order valence-corrected chi connectivity index (χ0v) is 12.2. The molecule has 0 unspecified atom stereocenters. The topological polar surface area (TPSA) is 41.6 Å². The largest absolute Gasteiger partial charge is 0.383 e. The monoisotopic (exact) mass is 264 g/mol. The first-order chi connectivity index (χ1) is 9.04. The lowest BCUT2D eigenvalue weighted by atomic mass is 10.1. The Hall–Kier alpha value is -1.39.